The highest BCUT2D eigenvalue weighted by Gasteiger charge is 2.38. The van der Waals surface area contributed by atoms with Crippen LogP contribution in [0.3, 0.4) is 0 Å². The number of rotatable bonds is 2. The molecule has 3 heteroatoms. The third-order valence-electron chi connectivity index (χ3n) is 4.26. The first kappa shape index (κ1) is 12.3. The van der Waals surface area contributed by atoms with Crippen molar-refractivity contribution in [2.24, 2.45) is 5.92 Å². The number of benzene rings is 1. The molecule has 1 saturated carbocycles. The quantitative estimate of drug-likeness (QED) is 0.884. The van der Waals surface area contributed by atoms with Crippen molar-refractivity contribution in [2.45, 2.75) is 38.3 Å². The molecule has 1 aromatic carbocycles. The molecule has 1 fully saturated rings. The third-order valence-corrected chi connectivity index (χ3v) is 4.26. The summed E-state index contributed by atoms with van der Waals surface area (Å²) in [5, 5.41) is 9.97. The molecule has 0 radical (unpaired) electrons. The molecule has 0 spiro atoms. The monoisotopic (exact) mass is 257 g/mol. The van der Waals surface area contributed by atoms with Gasteiger partial charge >= 0.3 is 0 Å². The van der Waals surface area contributed by atoms with E-state index in [-0.39, 0.29) is 17.9 Å². The van der Waals surface area contributed by atoms with Crippen LogP contribution in [0.15, 0.2) is 42.2 Å². The molecule has 19 heavy (non-hydrogen) atoms. The van der Waals surface area contributed by atoms with E-state index in [9.17, 15) is 9.90 Å². The van der Waals surface area contributed by atoms with Gasteiger partial charge in [0.1, 0.15) is 5.76 Å². The zero-order valence-electron chi connectivity index (χ0n) is 11.0. The van der Waals surface area contributed by atoms with Crippen LogP contribution in [-0.2, 0) is 11.3 Å². The topological polar surface area (TPSA) is 40.5 Å². The molecule has 1 heterocycles. The Morgan fingerprint density at radius 1 is 1.16 bits per heavy atom. The van der Waals surface area contributed by atoms with Gasteiger partial charge in [0.05, 0.1) is 0 Å². The minimum Gasteiger partial charge on any atom is -0.512 e. The van der Waals surface area contributed by atoms with Crippen LogP contribution in [0.5, 0.6) is 0 Å². The van der Waals surface area contributed by atoms with Gasteiger partial charge in [-0.2, -0.15) is 0 Å². The lowest BCUT2D eigenvalue weighted by Gasteiger charge is -2.42. The van der Waals surface area contributed by atoms with Gasteiger partial charge in [0.15, 0.2) is 0 Å². The Labute approximate surface area is 113 Å². The van der Waals surface area contributed by atoms with E-state index >= 15 is 0 Å². The van der Waals surface area contributed by atoms with Crippen LogP contribution in [0.2, 0.25) is 0 Å². The number of carbonyl (C=O) groups is 1. The van der Waals surface area contributed by atoms with Crippen LogP contribution in [0.1, 0.15) is 31.2 Å². The first-order valence-electron chi connectivity index (χ1n) is 7.01. The van der Waals surface area contributed by atoms with E-state index in [0.29, 0.717) is 12.3 Å². The molecule has 1 aliphatic heterocycles. The summed E-state index contributed by atoms with van der Waals surface area (Å²) in [6.45, 7) is 0.643. The summed E-state index contributed by atoms with van der Waals surface area (Å²) in [7, 11) is 0. The van der Waals surface area contributed by atoms with Crippen LogP contribution >= 0.6 is 0 Å². The molecule has 0 saturated heterocycles. The molecule has 1 aliphatic carbocycles. The fraction of sp³-hybridized carbons (Fsp3) is 0.438. The predicted octanol–water partition coefficient (Wildman–Crippen LogP) is 3.03. The maximum Gasteiger partial charge on any atom is 0.250 e. The number of nitrogens with zero attached hydrogens (tertiary/aromatic N) is 1. The summed E-state index contributed by atoms with van der Waals surface area (Å²) in [6, 6.07) is 10.2. The van der Waals surface area contributed by atoms with Crippen LogP contribution in [0.4, 0.5) is 0 Å². The maximum atomic E-state index is 12.2. The van der Waals surface area contributed by atoms with Crippen molar-refractivity contribution in [3.05, 3.63) is 47.7 Å². The van der Waals surface area contributed by atoms with Crippen molar-refractivity contribution in [3.8, 4) is 0 Å². The number of amides is 1. The molecule has 0 aromatic heterocycles. The molecule has 2 atom stereocenters. The average molecular weight is 257 g/mol. The zero-order valence-corrected chi connectivity index (χ0v) is 11.0. The number of fused-ring (bicyclic) bond motifs is 1. The number of hydrogen-bond donors (Lipinski definition) is 1. The average Bonchev–Trinajstić information content (AvgIpc) is 2.45. The van der Waals surface area contributed by atoms with Gasteiger partial charge < -0.3 is 10.0 Å². The van der Waals surface area contributed by atoms with Gasteiger partial charge in [-0.05, 0) is 18.4 Å². The molecule has 3 nitrogen and oxygen atoms in total. The highest BCUT2D eigenvalue weighted by atomic mass is 16.3. The largest absolute Gasteiger partial charge is 0.512 e. The molecule has 100 valence electrons. The van der Waals surface area contributed by atoms with Crippen molar-refractivity contribution in [2.75, 3.05) is 0 Å². The Morgan fingerprint density at radius 2 is 1.89 bits per heavy atom. The maximum absolute atomic E-state index is 12.2. The van der Waals surface area contributed by atoms with Crippen LogP contribution < -0.4 is 0 Å². The van der Waals surface area contributed by atoms with Gasteiger partial charge in [0, 0.05) is 24.6 Å². The first-order valence-corrected chi connectivity index (χ1v) is 7.01. The summed E-state index contributed by atoms with van der Waals surface area (Å²) in [5.74, 6) is 0.388. The Balaban J connectivity index is 1.85. The van der Waals surface area contributed by atoms with Crippen molar-refractivity contribution < 1.29 is 9.90 Å². The molecule has 2 aliphatic rings. The fourth-order valence-corrected chi connectivity index (χ4v) is 3.28. The summed E-state index contributed by atoms with van der Waals surface area (Å²) in [4.78, 5) is 14.1. The van der Waals surface area contributed by atoms with E-state index in [2.05, 4.69) is 0 Å². The normalized spacial score (nSPS) is 26.8. The zero-order chi connectivity index (χ0) is 13.2. The van der Waals surface area contributed by atoms with Crippen LogP contribution in [0.25, 0.3) is 0 Å². The lowest BCUT2D eigenvalue weighted by molar-refractivity contribution is -0.132. The molecule has 2 unspecified atom stereocenters. The Kier molecular flexibility index (Phi) is 3.28. The van der Waals surface area contributed by atoms with E-state index in [1.54, 1.807) is 0 Å². The lowest BCUT2D eigenvalue weighted by Crippen LogP contribution is -2.48. The minimum absolute atomic E-state index is 0.0514. The molecule has 1 aromatic rings. The molecule has 0 bridgehead atoms. The lowest BCUT2D eigenvalue weighted by atomic mass is 9.80. The fourth-order valence-electron chi connectivity index (χ4n) is 3.28. The number of aliphatic hydroxyl groups excluding tert-OH is 1. The summed E-state index contributed by atoms with van der Waals surface area (Å²) in [6.07, 6.45) is 5.70. The first-order chi connectivity index (χ1) is 9.25. The van der Waals surface area contributed by atoms with Crippen molar-refractivity contribution in [3.63, 3.8) is 0 Å². The second-order valence-corrected chi connectivity index (χ2v) is 5.48. The number of aliphatic hydroxyl groups is 1. The van der Waals surface area contributed by atoms with E-state index in [0.717, 1.165) is 31.2 Å². The highest BCUT2D eigenvalue weighted by molar-refractivity contribution is 5.89. The van der Waals surface area contributed by atoms with Gasteiger partial charge in [-0.25, -0.2) is 0 Å². The smallest absolute Gasteiger partial charge is 0.250 e. The minimum atomic E-state index is -0.0514. The van der Waals surface area contributed by atoms with Gasteiger partial charge in [0.25, 0.3) is 5.91 Å². The van der Waals surface area contributed by atoms with Crippen LogP contribution in [0, 0.1) is 5.92 Å². The molecule has 3 rings (SSSR count). The molecular weight excluding hydrogens is 238 g/mol. The molecule has 1 N–H and O–H groups in total. The number of carbonyl (C=O) groups excluding carboxylic acids is 1. The van der Waals surface area contributed by atoms with Crippen LogP contribution in [-0.4, -0.2) is 22.0 Å². The van der Waals surface area contributed by atoms with Crippen molar-refractivity contribution in [1.82, 2.24) is 4.90 Å². The third kappa shape index (κ3) is 2.37. The Bertz CT molecular complexity index is 495. The van der Waals surface area contributed by atoms with Gasteiger partial charge in [-0.1, -0.05) is 43.2 Å². The van der Waals surface area contributed by atoms with Gasteiger partial charge in [-0.15, -0.1) is 0 Å². The summed E-state index contributed by atoms with van der Waals surface area (Å²) >= 11 is 0. The highest BCUT2D eigenvalue weighted by Crippen LogP contribution is 2.36. The van der Waals surface area contributed by atoms with Gasteiger partial charge in [-0.3, -0.25) is 4.79 Å². The SMILES string of the molecule is O=C1C=C(O)C2CCCCC2N1Cc1ccccc1. The second-order valence-electron chi connectivity index (χ2n) is 5.48. The predicted molar refractivity (Wildman–Crippen MR) is 73.4 cm³/mol. The van der Waals surface area contributed by atoms with E-state index in [1.165, 1.54) is 6.08 Å². The van der Waals surface area contributed by atoms with E-state index in [1.807, 2.05) is 35.2 Å². The standard InChI is InChI=1S/C16H19NO2/c18-15-10-16(19)17(11-12-6-2-1-3-7-12)14-9-5-4-8-13(14)15/h1-3,6-7,10,13-14,18H,4-5,8-9,11H2. The molecule has 1 amide bonds. The van der Waals surface area contributed by atoms with E-state index in [4.69, 9.17) is 0 Å². The second kappa shape index (κ2) is 5.08. The summed E-state index contributed by atoms with van der Waals surface area (Å²) < 4.78 is 0. The molecular formula is C16H19NO2. The van der Waals surface area contributed by atoms with Crippen molar-refractivity contribution >= 4 is 5.91 Å². The van der Waals surface area contributed by atoms with Gasteiger partial charge in [0.2, 0.25) is 0 Å². The Hall–Kier alpha value is -1.77. The van der Waals surface area contributed by atoms with Crippen molar-refractivity contribution in [1.29, 1.82) is 0 Å². The number of hydrogen-bond acceptors (Lipinski definition) is 2. The Morgan fingerprint density at radius 3 is 2.68 bits per heavy atom. The van der Waals surface area contributed by atoms with E-state index < -0.39 is 0 Å². The summed E-state index contributed by atoms with van der Waals surface area (Å²) in [5.41, 5.74) is 1.15.